The van der Waals surface area contributed by atoms with E-state index in [0.717, 1.165) is 0 Å². The van der Waals surface area contributed by atoms with Crippen LogP contribution < -0.4 is 0 Å². The van der Waals surface area contributed by atoms with Crippen molar-refractivity contribution in [3.8, 4) is 0 Å². The number of rotatable bonds is 12. The lowest BCUT2D eigenvalue weighted by atomic mass is 9.92. The molecule has 0 amide bonds. The number of hydrogen-bond donors (Lipinski definition) is 0. The van der Waals surface area contributed by atoms with E-state index in [1.165, 1.54) is 76.3 Å². The van der Waals surface area contributed by atoms with Crippen molar-refractivity contribution in [2.24, 2.45) is 7.05 Å². The number of imidazole rings is 1. The minimum atomic E-state index is 0.690. The first-order valence-corrected chi connectivity index (χ1v) is 8.75. The van der Waals surface area contributed by atoms with Crippen molar-refractivity contribution in [3.05, 3.63) is 18.2 Å². The standard InChI is InChI=1S/C18H34N2/c1-4-6-8-10-12-14-17(13-11-9-7-5-2)18-15-20(3)16-19-18/h15-17H,4-14H2,1-3H3. The van der Waals surface area contributed by atoms with E-state index >= 15 is 0 Å². The van der Waals surface area contributed by atoms with Crippen LogP contribution in [0.5, 0.6) is 0 Å². The highest BCUT2D eigenvalue weighted by molar-refractivity contribution is 5.04. The number of aromatic nitrogens is 2. The molecule has 0 fully saturated rings. The fraction of sp³-hybridized carbons (Fsp3) is 0.833. The normalized spacial score (nSPS) is 12.8. The van der Waals surface area contributed by atoms with Gasteiger partial charge < -0.3 is 4.57 Å². The summed E-state index contributed by atoms with van der Waals surface area (Å²) < 4.78 is 2.09. The maximum absolute atomic E-state index is 4.59. The van der Waals surface area contributed by atoms with Crippen LogP contribution in [0.1, 0.15) is 96.1 Å². The molecule has 0 N–H and O–H groups in total. The smallest absolute Gasteiger partial charge is 0.0946 e. The SMILES string of the molecule is CCCCCCCC(CCCCCC)c1cn(C)cn1. The Labute approximate surface area is 126 Å². The van der Waals surface area contributed by atoms with Crippen LogP contribution in [0.4, 0.5) is 0 Å². The lowest BCUT2D eigenvalue weighted by Gasteiger charge is -2.14. The molecule has 1 aromatic heterocycles. The summed E-state index contributed by atoms with van der Waals surface area (Å²) in [7, 11) is 2.08. The molecule has 0 saturated carbocycles. The Kier molecular flexibility index (Phi) is 9.44. The fourth-order valence-corrected chi connectivity index (χ4v) is 2.90. The van der Waals surface area contributed by atoms with E-state index in [1.54, 1.807) is 0 Å². The molecule has 1 rings (SSSR count). The van der Waals surface area contributed by atoms with Crippen LogP contribution in [0.3, 0.4) is 0 Å². The molecule has 0 spiro atoms. The van der Waals surface area contributed by atoms with Crippen LogP contribution in [0, 0.1) is 0 Å². The summed E-state index contributed by atoms with van der Waals surface area (Å²) in [5.41, 5.74) is 1.32. The van der Waals surface area contributed by atoms with Crippen LogP contribution in [0.2, 0.25) is 0 Å². The molecule has 116 valence electrons. The Bertz CT molecular complexity index is 330. The van der Waals surface area contributed by atoms with Crippen LogP contribution in [-0.4, -0.2) is 9.55 Å². The predicted molar refractivity (Wildman–Crippen MR) is 88.1 cm³/mol. The Hall–Kier alpha value is -0.790. The van der Waals surface area contributed by atoms with Gasteiger partial charge in [-0.15, -0.1) is 0 Å². The van der Waals surface area contributed by atoms with Crippen LogP contribution >= 0.6 is 0 Å². The molecule has 0 saturated heterocycles. The third-order valence-electron chi connectivity index (χ3n) is 4.21. The maximum Gasteiger partial charge on any atom is 0.0946 e. The molecule has 0 aliphatic rings. The van der Waals surface area contributed by atoms with Gasteiger partial charge >= 0.3 is 0 Å². The second-order valence-corrected chi connectivity index (χ2v) is 6.21. The highest BCUT2D eigenvalue weighted by atomic mass is 15.0. The largest absolute Gasteiger partial charge is 0.340 e. The molecule has 2 heteroatoms. The van der Waals surface area contributed by atoms with E-state index in [9.17, 15) is 0 Å². The summed E-state index contributed by atoms with van der Waals surface area (Å²) in [6.07, 6.45) is 19.2. The van der Waals surface area contributed by atoms with Gasteiger partial charge in [0.25, 0.3) is 0 Å². The van der Waals surface area contributed by atoms with E-state index in [4.69, 9.17) is 0 Å². The van der Waals surface area contributed by atoms with E-state index in [0.29, 0.717) is 5.92 Å². The first-order chi connectivity index (χ1) is 9.77. The molecule has 0 radical (unpaired) electrons. The zero-order chi connectivity index (χ0) is 14.6. The predicted octanol–water partition coefficient (Wildman–Crippen LogP) is 5.83. The Morgan fingerprint density at radius 2 is 1.45 bits per heavy atom. The van der Waals surface area contributed by atoms with E-state index in [2.05, 4.69) is 36.6 Å². The first kappa shape index (κ1) is 17.3. The minimum Gasteiger partial charge on any atom is -0.340 e. The summed E-state index contributed by atoms with van der Waals surface area (Å²) in [5, 5.41) is 0. The molecular formula is C18H34N2. The number of nitrogens with zero attached hydrogens (tertiary/aromatic N) is 2. The molecule has 0 aromatic carbocycles. The van der Waals surface area contributed by atoms with Gasteiger partial charge in [0, 0.05) is 19.2 Å². The number of unbranched alkanes of at least 4 members (excludes halogenated alkanes) is 7. The van der Waals surface area contributed by atoms with E-state index in [-0.39, 0.29) is 0 Å². The maximum atomic E-state index is 4.59. The van der Waals surface area contributed by atoms with Crippen molar-refractivity contribution < 1.29 is 0 Å². The zero-order valence-corrected chi connectivity index (χ0v) is 13.9. The topological polar surface area (TPSA) is 17.8 Å². The van der Waals surface area contributed by atoms with E-state index < -0.39 is 0 Å². The van der Waals surface area contributed by atoms with Gasteiger partial charge in [-0.3, -0.25) is 0 Å². The lowest BCUT2D eigenvalue weighted by Crippen LogP contribution is -2.00. The first-order valence-electron chi connectivity index (χ1n) is 8.75. The minimum absolute atomic E-state index is 0.690. The summed E-state index contributed by atoms with van der Waals surface area (Å²) in [5.74, 6) is 0.690. The highest BCUT2D eigenvalue weighted by Gasteiger charge is 2.13. The second-order valence-electron chi connectivity index (χ2n) is 6.21. The summed E-state index contributed by atoms with van der Waals surface area (Å²) in [6, 6.07) is 0. The third-order valence-corrected chi connectivity index (χ3v) is 4.21. The number of hydrogen-bond acceptors (Lipinski definition) is 1. The quantitative estimate of drug-likeness (QED) is 0.439. The van der Waals surface area contributed by atoms with Crippen LogP contribution in [0.15, 0.2) is 12.5 Å². The van der Waals surface area contributed by atoms with Crippen LogP contribution in [-0.2, 0) is 7.05 Å². The van der Waals surface area contributed by atoms with Gasteiger partial charge in [-0.1, -0.05) is 71.6 Å². The molecule has 1 atom stereocenters. The third kappa shape index (κ3) is 7.12. The monoisotopic (exact) mass is 278 g/mol. The molecular weight excluding hydrogens is 244 g/mol. The highest BCUT2D eigenvalue weighted by Crippen LogP contribution is 2.27. The fourth-order valence-electron chi connectivity index (χ4n) is 2.90. The van der Waals surface area contributed by atoms with Gasteiger partial charge in [0.1, 0.15) is 0 Å². The van der Waals surface area contributed by atoms with Gasteiger partial charge in [0.15, 0.2) is 0 Å². The van der Waals surface area contributed by atoms with Gasteiger partial charge in [-0.2, -0.15) is 0 Å². The molecule has 2 nitrogen and oxygen atoms in total. The molecule has 0 aliphatic carbocycles. The molecule has 0 bridgehead atoms. The average molecular weight is 278 g/mol. The average Bonchev–Trinajstić information content (AvgIpc) is 2.87. The van der Waals surface area contributed by atoms with Gasteiger partial charge in [0.05, 0.1) is 12.0 Å². The Balaban J connectivity index is 2.34. The van der Waals surface area contributed by atoms with Crippen LogP contribution in [0.25, 0.3) is 0 Å². The Morgan fingerprint density at radius 1 is 0.900 bits per heavy atom. The number of aryl methyl sites for hydroxylation is 1. The van der Waals surface area contributed by atoms with Crippen molar-refractivity contribution in [2.75, 3.05) is 0 Å². The van der Waals surface area contributed by atoms with Gasteiger partial charge in [-0.25, -0.2) is 4.98 Å². The molecule has 1 heterocycles. The Morgan fingerprint density at radius 3 is 1.95 bits per heavy atom. The molecule has 1 unspecified atom stereocenters. The van der Waals surface area contributed by atoms with Crippen molar-refractivity contribution >= 4 is 0 Å². The summed E-state index contributed by atoms with van der Waals surface area (Å²) in [4.78, 5) is 4.59. The van der Waals surface area contributed by atoms with Crippen molar-refractivity contribution in [2.45, 2.75) is 90.4 Å². The molecule has 1 aromatic rings. The molecule has 20 heavy (non-hydrogen) atoms. The van der Waals surface area contributed by atoms with Crippen molar-refractivity contribution in [1.29, 1.82) is 0 Å². The zero-order valence-electron chi connectivity index (χ0n) is 13.9. The van der Waals surface area contributed by atoms with Gasteiger partial charge in [-0.05, 0) is 12.8 Å². The lowest BCUT2D eigenvalue weighted by molar-refractivity contribution is 0.487. The van der Waals surface area contributed by atoms with Gasteiger partial charge in [0.2, 0.25) is 0 Å². The summed E-state index contributed by atoms with van der Waals surface area (Å²) in [6.45, 7) is 4.56. The second kappa shape index (κ2) is 10.9. The van der Waals surface area contributed by atoms with Crippen molar-refractivity contribution in [3.63, 3.8) is 0 Å². The van der Waals surface area contributed by atoms with E-state index in [1.807, 2.05) is 6.33 Å². The van der Waals surface area contributed by atoms with Crippen molar-refractivity contribution in [1.82, 2.24) is 9.55 Å². The molecule has 0 aliphatic heterocycles. The summed E-state index contributed by atoms with van der Waals surface area (Å²) >= 11 is 0.